The number of nitrogens with zero attached hydrogens (tertiary/aromatic N) is 2. The summed E-state index contributed by atoms with van der Waals surface area (Å²) in [6.45, 7) is 0.754. The van der Waals surface area contributed by atoms with E-state index in [2.05, 4.69) is 10.3 Å². The van der Waals surface area contributed by atoms with E-state index in [1.54, 1.807) is 18.3 Å². The fourth-order valence-electron chi connectivity index (χ4n) is 3.03. The Kier molecular flexibility index (Phi) is 5.13. The summed E-state index contributed by atoms with van der Waals surface area (Å²) in [4.78, 5) is 16.0. The third kappa shape index (κ3) is 3.97. The summed E-state index contributed by atoms with van der Waals surface area (Å²) < 4.78 is 53.7. The molecule has 152 valence electrons. The number of carbonyl (C=O) groups is 1. The van der Waals surface area contributed by atoms with E-state index in [1.165, 1.54) is 24.3 Å². The zero-order chi connectivity index (χ0) is 21.3. The van der Waals surface area contributed by atoms with Gasteiger partial charge in [-0.05, 0) is 35.9 Å². The van der Waals surface area contributed by atoms with Crippen LogP contribution in [0, 0.1) is 17.8 Å². The SMILES string of the molecule is O=C(NCc1ccc(S(=O)(=O)c2cc(F)cc(F)c2)cc1)c1cc[n+]2c(c1)=NCC=2. The van der Waals surface area contributed by atoms with Crippen LogP contribution < -0.4 is 15.0 Å². The molecule has 30 heavy (non-hydrogen) atoms. The van der Waals surface area contributed by atoms with Crippen molar-refractivity contribution in [2.24, 2.45) is 4.99 Å². The topological polar surface area (TPSA) is 81.5 Å². The summed E-state index contributed by atoms with van der Waals surface area (Å²) in [6, 6.07) is 11.3. The van der Waals surface area contributed by atoms with Gasteiger partial charge >= 0.3 is 5.49 Å². The summed E-state index contributed by atoms with van der Waals surface area (Å²) in [5, 5.41) is 2.76. The fourth-order valence-corrected chi connectivity index (χ4v) is 4.34. The first-order chi connectivity index (χ1) is 14.3. The number of fused-ring (bicyclic) bond motifs is 1. The maximum absolute atomic E-state index is 13.4. The minimum absolute atomic E-state index is 0.101. The van der Waals surface area contributed by atoms with Crippen LogP contribution in [0.15, 0.2) is 75.6 Å². The summed E-state index contributed by atoms with van der Waals surface area (Å²) in [5.74, 6) is -2.22. The molecule has 2 heterocycles. The summed E-state index contributed by atoms with van der Waals surface area (Å²) >= 11 is 0. The van der Waals surface area contributed by atoms with Crippen LogP contribution in [0.5, 0.6) is 0 Å². The van der Waals surface area contributed by atoms with Crippen molar-refractivity contribution in [2.45, 2.75) is 16.3 Å². The van der Waals surface area contributed by atoms with Crippen molar-refractivity contribution < 1.29 is 26.2 Å². The molecule has 9 heteroatoms. The van der Waals surface area contributed by atoms with Gasteiger partial charge < -0.3 is 5.32 Å². The third-order valence-electron chi connectivity index (χ3n) is 4.59. The quantitative estimate of drug-likeness (QED) is 0.628. The van der Waals surface area contributed by atoms with Crippen molar-refractivity contribution >= 4 is 15.7 Å². The minimum atomic E-state index is -4.06. The van der Waals surface area contributed by atoms with Gasteiger partial charge in [0.05, 0.1) is 21.6 Å². The maximum Gasteiger partial charge on any atom is 0.322 e. The molecule has 0 saturated carbocycles. The van der Waals surface area contributed by atoms with Crippen molar-refractivity contribution in [3.05, 3.63) is 95.3 Å². The van der Waals surface area contributed by atoms with Crippen LogP contribution in [0.2, 0.25) is 0 Å². The largest absolute Gasteiger partial charge is 0.348 e. The average molecular weight is 428 g/mol. The minimum Gasteiger partial charge on any atom is -0.348 e. The summed E-state index contributed by atoms with van der Waals surface area (Å²) in [6.07, 6.45) is 3.65. The van der Waals surface area contributed by atoms with Gasteiger partial charge in [-0.1, -0.05) is 17.1 Å². The van der Waals surface area contributed by atoms with Gasteiger partial charge in [-0.25, -0.2) is 21.4 Å². The van der Waals surface area contributed by atoms with Crippen LogP contribution in [-0.4, -0.2) is 20.9 Å². The van der Waals surface area contributed by atoms with Crippen LogP contribution in [0.25, 0.3) is 0 Å². The molecule has 0 saturated heterocycles. The number of amides is 1. The van der Waals surface area contributed by atoms with E-state index in [4.69, 9.17) is 0 Å². The van der Waals surface area contributed by atoms with Gasteiger partial charge in [0.15, 0.2) is 6.54 Å². The Labute approximate surface area is 170 Å². The molecular weight excluding hydrogens is 412 g/mol. The number of sulfone groups is 1. The molecule has 0 bridgehead atoms. The predicted molar refractivity (Wildman–Crippen MR) is 102 cm³/mol. The highest BCUT2D eigenvalue weighted by Gasteiger charge is 2.19. The number of rotatable bonds is 5. The van der Waals surface area contributed by atoms with E-state index in [0.29, 0.717) is 29.2 Å². The number of hydrogen-bond donors (Lipinski definition) is 1. The molecule has 4 rings (SSSR count). The van der Waals surface area contributed by atoms with Gasteiger partial charge in [0.25, 0.3) is 5.91 Å². The lowest BCUT2D eigenvalue weighted by Gasteiger charge is -2.08. The van der Waals surface area contributed by atoms with Gasteiger partial charge in [-0.2, -0.15) is 0 Å². The monoisotopic (exact) mass is 428 g/mol. The first-order valence-electron chi connectivity index (χ1n) is 8.97. The molecule has 1 aliphatic rings. The Balaban J connectivity index is 1.47. The van der Waals surface area contributed by atoms with Crippen molar-refractivity contribution in [1.82, 2.24) is 5.32 Å². The third-order valence-corrected chi connectivity index (χ3v) is 6.34. The fraction of sp³-hybridized carbons (Fsp3) is 0.0952. The van der Waals surface area contributed by atoms with Gasteiger partial charge in [0.2, 0.25) is 9.84 Å². The highest BCUT2D eigenvalue weighted by molar-refractivity contribution is 7.91. The molecule has 0 radical (unpaired) electrons. The van der Waals surface area contributed by atoms with Crippen molar-refractivity contribution in [1.29, 1.82) is 0 Å². The number of halogens is 2. The molecule has 1 N–H and O–H groups in total. The molecule has 6 nitrogen and oxygen atoms in total. The first kappa shape index (κ1) is 19.8. The molecule has 0 aliphatic carbocycles. The Bertz CT molecular complexity index is 1350. The Morgan fingerprint density at radius 2 is 1.70 bits per heavy atom. The number of benzene rings is 2. The Morgan fingerprint density at radius 3 is 2.40 bits per heavy atom. The molecular formula is C21H16F2N3O3S+. The van der Waals surface area contributed by atoms with E-state index in [-0.39, 0.29) is 17.3 Å². The first-order valence-corrected chi connectivity index (χ1v) is 10.5. The molecule has 0 unspecified atom stereocenters. The van der Waals surface area contributed by atoms with E-state index < -0.39 is 26.4 Å². The number of aromatic nitrogens is 1. The normalized spacial score (nSPS) is 12.6. The number of nitrogens with one attached hydrogen (secondary N) is 1. The maximum atomic E-state index is 13.4. The smallest absolute Gasteiger partial charge is 0.322 e. The number of pyridine rings is 1. The van der Waals surface area contributed by atoms with Crippen molar-refractivity contribution in [3.8, 4) is 0 Å². The molecule has 2 aromatic carbocycles. The molecule has 3 aromatic rings. The van der Waals surface area contributed by atoms with Crippen molar-refractivity contribution in [3.63, 3.8) is 0 Å². The van der Waals surface area contributed by atoms with Crippen LogP contribution in [0.4, 0.5) is 8.78 Å². The Hall–Kier alpha value is -3.46. The summed E-state index contributed by atoms with van der Waals surface area (Å²) in [5.41, 5.74) is 1.83. The van der Waals surface area contributed by atoms with Gasteiger partial charge in [-0.15, -0.1) is 0 Å². The second kappa shape index (κ2) is 7.75. The molecule has 1 amide bonds. The molecule has 0 atom stereocenters. The highest BCUT2D eigenvalue weighted by atomic mass is 32.2. The number of hydrogen-bond acceptors (Lipinski definition) is 4. The van der Waals surface area contributed by atoms with Gasteiger partial charge in [0, 0.05) is 18.7 Å². The standard InChI is InChI=1S/C21H15F2N3O3S/c22-16-10-17(23)12-19(11-16)30(28,29)18-3-1-14(2-4-18)13-25-21(27)15-5-7-26-8-6-24-20(26)9-15/h1-5,7-12H,6,13H2/p+1. The lowest BCUT2D eigenvalue weighted by Crippen LogP contribution is -2.35. The predicted octanol–water partition coefficient (Wildman–Crippen LogP) is 1.66. The van der Waals surface area contributed by atoms with Crippen molar-refractivity contribution in [2.75, 3.05) is 6.54 Å². The second-order valence-electron chi connectivity index (χ2n) is 6.64. The van der Waals surface area contributed by atoms with Gasteiger partial charge in [-0.3, -0.25) is 4.79 Å². The molecule has 1 aromatic heterocycles. The van der Waals surface area contributed by atoms with Crippen LogP contribution in [0.1, 0.15) is 15.9 Å². The van der Waals surface area contributed by atoms with Gasteiger partial charge in [0.1, 0.15) is 17.8 Å². The average Bonchev–Trinajstić information content (AvgIpc) is 3.19. The molecule has 0 fully saturated rings. The van der Waals surface area contributed by atoms with Crippen LogP contribution in [-0.2, 0) is 16.4 Å². The zero-order valence-electron chi connectivity index (χ0n) is 15.5. The van der Waals surface area contributed by atoms with E-state index in [0.717, 1.165) is 12.1 Å². The highest BCUT2D eigenvalue weighted by Crippen LogP contribution is 2.23. The molecule has 1 aliphatic heterocycles. The number of carbonyl (C=O) groups excluding carboxylic acids is 1. The van der Waals surface area contributed by atoms with E-state index in [1.807, 2.05) is 10.5 Å². The Morgan fingerprint density at radius 1 is 1.00 bits per heavy atom. The summed E-state index contributed by atoms with van der Waals surface area (Å²) in [7, 11) is -4.06. The van der Waals surface area contributed by atoms with E-state index in [9.17, 15) is 22.0 Å². The lowest BCUT2D eigenvalue weighted by atomic mass is 10.2. The zero-order valence-corrected chi connectivity index (χ0v) is 16.4. The lowest BCUT2D eigenvalue weighted by molar-refractivity contribution is -0.522. The van der Waals surface area contributed by atoms with Crippen LogP contribution >= 0.6 is 0 Å². The van der Waals surface area contributed by atoms with E-state index >= 15 is 0 Å². The second-order valence-corrected chi connectivity index (χ2v) is 8.59. The van der Waals surface area contributed by atoms with Crippen LogP contribution in [0.3, 0.4) is 0 Å². The molecule has 0 spiro atoms.